The molecule has 0 aliphatic rings. The van der Waals surface area contributed by atoms with Crippen LogP contribution in [0.2, 0.25) is 0 Å². The van der Waals surface area contributed by atoms with E-state index >= 15 is 0 Å². The molecule has 0 unspecified atom stereocenters. The Labute approximate surface area is 370 Å². The number of carbonyl (C=O) groups excluding carboxylic acids is 2. The SMILES string of the molecule is Cc1nnc2sc(C(=O)NCc3ccc(-c4cccnc4F)cc3)c(N)c2c1C.Cc1nnc2sc(C(=O)NCc3ccc(Br)cc3)c(N)c2c1C.OB(O)c1cccnc1F. The van der Waals surface area contributed by atoms with Crippen LogP contribution in [0.1, 0.15) is 53.0 Å². The highest BCUT2D eigenvalue weighted by Crippen LogP contribution is 2.36. The zero-order valence-electron chi connectivity index (χ0n) is 33.6. The van der Waals surface area contributed by atoms with Crippen molar-refractivity contribution in [3.8, 4) is 11.1 Å². The summed E-state index contributed by atoms with van der Waals surface area (Å²) in [6.07, 6.45) is 2.65. The molecule has 0 bridgehead atoms. The van der Waals surface area contributed by atoms with E-state index in [-0.39, 0.29) is 17.3 Å². The number of hydrogen-bond acceptors (Lipinski definition) is 14. The monoisotopic (exact) mass is 938 g/mol. The third kappa shape index (κ3) is 10.4. The second-order valence-corrected chi connectivity index (χ2v) is 16.6. The maximum Gasteiger partial charge on any atom is 0.493 e. The lowest BCUT2D eigenvalue weighted by molar-refractivity contribution is 0.0947. The first-order valence-electron chi connectivity index (χ1n) is 18.6. The number of aromatic nitrogens is 6. The number of rotatable bonds is 8. The van der Waals surface area contributed by atoms with E-state index < -0.39 is 19.0 Å². The smallest absolute Gasteiger partial charge is 0.423 e. The molecule has 6 heterocycles. The van der Waals surface area contributed by atoms with Crippen LogP contribution >= 0.6 is 38.6 Å². The maximum absolute atomic E-state index is 13.8. The number of thiophene rings is 2. The second kappa shape index (κ2) is 20.0. The fourth-order valence-corrected chi connectivity index (χ4v) is 8.24. The maximum atomic E-state index is 13.8. The molecule has 62 heavy (non-hydrogen) atoms. The average Bonchev–Trinajstić information content (AvgIpc) is 3.79. The highest BCUT2D eigenvalue weighted by atomic mass is 79.9. The van der Waals surface area contributed by atoms with Crippen molar-refractivity contribution in [3.63, 3.8) is 0 Å². The van der Waals surface area contributed by atoms with Gasteiger partial charge in [0, 0.05) is 51.8 Å². The van der Waals surface area contributed by atoms with Crippen molar-refractivity contribution >= 4 is 94.8 Å². The molecular formula is C42H38BBrF2N10O4S2. The van der Waals surface area contributed by atoms with Gasteiger partial charge in [0.15, 0.2) is 0 Å². The molecule has 0 atom stereocenters. The number of nitrogens with zero attached hydrogens (tertiary/aromatic N) is 6. The number of benzene rings is 2. The van der Waals surface area contributed by atoms with Gasteiger partial charge in [-0.2, -0.15) is 19.0 Å². The highest BCUT2D eigenvalue weighted by molar-refractivity contribution is 9.10. The summed E-state index contributed by atoms with van der Waals surface area (Å²) in [6, 6.07) is 21.1. The van der Waals surface area contributed by atoms with Gasteiger partial charge in [-0.3, -0.25) is 9.59 Å². The van der Waals surface area contributed by atoms with Gasteiger partial charge in [0.25, 0.3) is 11.8 Å². The molecule has 0 aliphatic carbocycles. The molecule has 0 fully saturated rings. The molecule has 0 saturated heterocycles. The third-order valence-corrected chi connectivity index (χ3v) is 12.3. The number of pyridine rings is 2. The van der Waals surface area contributed by atoms with Gasteiger partial charge in [0.2, 0.25) is 11.9 Å². The fourth-order valence-electron chi connectivity index (χ4n) is 5.94. The second-order valence-electron chi connectivity index (χ2n) is 13.7. The summed E-state index contributed by atoms with van der Waals surface area (Å²) in [4.78, 5) is 34.2. The first kappa shape index (κ1) is 45.2. The number of fused-ring (bicyclic) bond motifs is 2. The Morgan fingerprint density at radius 2 is 1.13 bits per heavy atom. The number of halogens is 3. The van der Waals surface area contributed by atoms with E-state index in [2.05, 4.69) is 56.9 Å². The predicted molar refractivity (Wildman–Crippen MR) is 243 cm³/mol. The largest absolute Gasteiger partial charge is 0.493 e. The zero-order valence-corrected chi connectivity index (χ0v) is 36.8. The van der Waals surface area contributed by atoms with E-state index in [1.165, 1.54) is 47.2 Å². The predicted octanol–water partition coefficient (Wildman–Crippen LogP) is 6.50. The Hall–Kier alpha value is -6.32. The van der Waals surface area contributed by atoms with E-state index in [1.54, 1.807) is 24.3 Å². The van der Waals surface area contributed by atoms with Crippen LogP contribution in [0.15, 0.2) is 89.7 Å². The first-order chi connectivity index (χ1) is 29.6. The van der Waals surface area contributed by atoms with Crippen molar-refractivity contribution in [2.24, 2.45) is 0 Å². The van der Waals surface area contributed by atoms with Crippen molar-refractivity contribution in [1.29, 1.82) is 0 Å². The topological polar surface area (TPSA) is 228 Å². The molecule has 6 aromatic heterocycles. The number of nitrogen functional groups attached to an aromatic ring is 2. The number of hydrogen-bond donors (Lipinski definition) is 6. The lowest BCUT2D eigenvalue weighted by atomic mass is 9.81. The van der Waals surface area contributed by atoms with Crippen molar-refractivity contribution < 1.29 is 28.4 Å². The van der Waals surface area contributed by atoms with Crippen molar-refractivity contribution in [3.05, 3.63) is 145 Å². The van der Waals surface area contributed by atoms with Crippen LogP contribution < -0.4 is 27.6 Å². The molecule has 8 N–H and O–H groups in total. The minimum Gasteiger partial charge on any atom is -0.423 e. The minimum absolute atomic E-state index is 0.189. The summed E-state index contributed by atoms with van der Waals surface area (Å²) < 4.78 is 27.2. The molecule has 8 rings (SSSR count). The lowest BCUT2D eigenvalue weighted by Gasteiger charge is -2.07. The van der Waals surface area contributed by atoms with Crippen LogP contribution in [-0.4, -0.2) is 59.3 Å². The van der Waals surface area contributed by atoms with Crippen LogP contribution in [0.3, 0.4) is 0 Å². The molecule has 0 spiro atoms. The van der Waals surface area contributed by atoms with Crippen LogP contribution in [0.4, 0.5) is 20.2 Å². The van der Waals surface area contributed by atoms with Gasteiger partial charge < -0.3 is 32.1 Å². The highest BCUT2D eigenvalue weighted by Gasteiger charge is 2.21. The molecule has 2 aromatic carbocycles. The van der Waals surface area contributed by atoms with Gasteiger partial charge in [-0.15, -0.1) is 32.9 Å². The normalized spacial score (nSPS) is 10.7. The number of anilines is 2. The van der Waals surface area contributed by atoms with Gasteiger partial charge in [-0.1, -0.05) is 58.4 Å². The summed E-state index contributed by atoms with van der Waals surface area (Å²) in [5, 5.41) is 40.8. The molecular weight excluding hydrogens is 901 g/mol. The minimum atomic E-state index is -1.78. The standard InChI is InChI=1S/C21H18FN5OS.C16H15BrN4OS.C5H5BFNO2/c1-11-12(2)26-27-21-16(11)17(23)18(29-21)20(28)25-10-13-5-7-14(8-6-13)15-4-3-9-24-19(15)22;1-8-9(2)20-21-16-12(8)13(18)14(23-16)15(22)19-7-10-3-5-11(17)6-4-10;7-5-4(6(9)10)2-1-3-8-5/h3-9H,10,23H2,1-2H3,(H,25,28);3-6H,7,18H2,1-2H3,(H,19,22);1-3,9-10H. The number of nitrogens with one attached hydrogen (secondary N) is 2. The lowest BCUT2D eigenvalue weighted by Crippen LogP contribution is -2.33. The van der Waals surface area contributed by atoms with Crippen LogP contribution in [0.25, 0.3) is 31.6 Å². The fraction of sp³-hybridized carbons (Fsp3) is 0.143. The van der Waals surface area contributed by atoms with Crippen molar-refractivity contribution in [2.45, 2.75) is 40.8 Å². The molecule has 0 saturated carbocycles. The Kier molecular flexibility index (Phi) is 14.6. The van der Waals surface area contributed by atoms with Crippen LogP contribution in [0.5, 0.6) is 0 Å². The van der Waals surface area contributed by atoms with Gasteiger partial charge >= 0.3 is 7.12 Å². The summed E-state index contributed by atoms with van der Waals surface area (Å²) in [5.41, 5.74) is 19.7. The first-order valence-corrected chi connectivity index (χ1v) is 21.1. The Morgan fingerprint density at radius 1 is 0.677 bits per heavy atom. The van der Waals surface area contributed by atoms with E-state index in [1.807, 2.05) is 64.1 Å². The van der Waals surface area contributed by atoms with Crippen LogP contribution in [-0.2, 0) is 13.1 Å². The third-order valence-electron chi connectivity index (χ3n) is 9.59. The molecule has 2 amide bonds. The Bertz CT molecular complexity index is 2900. The van der Waals surface area contributed by atoms with Gasteiger partial charge in [0.05, 0.1) is 22.8 Å². The molecule has 0 aliphatic heterocycles. The molecule has 0 radical (unpaired) electrons. The molecule has 8 aromatic rings. The van der Waals surface area contributed by atoms with Crippen LogP contribution in [0, 0.1) is 39.6 Å². The summed E-state index contributed by atoms with van der Waals surface area (Å²) in [5.74, 6) is -1.81. The molecule has 20 heteroatoms. The van der Waals surface area contributed by atoms with E-state index in [4.69, 9.17) is 21.5 Å². The Morgan fingerprint density at radius 3 is 1.56 bits per heavy atom. The number of carbonyl (C=O) groups is 2. The summed E-state index contributed by atoms with van der Waals surface area (Å²) in [7, 11) is -1.78. The zero-order chi connectivity index (χ0) is 44.7. The Balaban J connectivity index is 0.000000173. The average molecular weight is 940 g/mol. The van der Waals surface area contributed by atoms with E-state index in [9.17, 15) is 18.4 Å². The quantitative estimate of drug-likeness (QED) is 0.0709. The molecule has 14 nitrogen and oxygen atoms in total. The number of aryl methyl sites for hydroxylation is 4. The van der Waals surface area contributed by atoms with Crippen molar-refractivity contribution in [1.82, 2.24) is 41.0 Å². The summed E-state index contributed by atoms with van der Waals surface area (Å²) >= 11 is 5.90. The number of amides is 2. The number of nitrogens with two attached hydrogens (primary N) is 2. The van der Waals surface area contributed by atoms with E-state index in [0.29, 0.717) is 49.4 Å². The van der Waals surface area contributed by atoms with Gasteiger partial charge in [0.1, 0.15) is 19.4 Å². The van der Waals surface area contributed by atoms with Gasteiger partial charge in [-0.05, 0) is 85.8 Å². The van der Waals surface area contributed by atoms with Crippen molar-refractivity contribution in [2.75, 3.05) is 11.5 Å². The summed E-state index contributed by atoms with van der Waals surface area (Å²) in [6.45, 7) is 8.38. The molecule has 316 valence electrons. The van der Waals surface area contributed by atoms with E-state index in [0.717, 1.165) is 54.5 Å². The van der Waals surface area contributed by atoms with Gasteiger partial charge in [-0.25, -0.2) is 9.97 Å².